The largest absolute Gasteiger partial charge is 0.480 e. The zero-order valence-corrected chi connectivity index (χ0v) is 11.6. The molecule has 1 saturated heterocycles. The number of carboxylic acids is 1. The second-order valence-electron chi connectivity index (χ2n) is 5.01. The highest BCUT2D eigenvalue weighted by Crippen LogP contribution is 2.25. The van der Waals surface area contributed by atoms with Crippen LogP contribution in [-0.4, -0.2) is 45.9 Å². The van der Waals surface area contributed by atoms with E-state index in [4.69, 9.17) is 9.47 Å². The second kappa shape index (κ2) is 6.04. The highest BCUT2D eigenvalue weighted by Gasteiger charge is 2.40. The standard InChI is InChI=1S/C13H19N3O4/c1-9(2)20-10-3-6-14-12(15-10)16-13(11(17)18)4-7-19-8-5-13/h3,6,9H,4-5,7-8H2,1-2H3,(H,17,18)(H,14,15,16). The van der Waals surface area contributed by atoms with Crippen molar-refractivity contribution in [2.24, 2.45) is 0 Å². The van der Waals surface area contributed by atoms with Gasteiger partial charge in [0.05, 0.1) is 6.10 Å². The number of nitrogens with zero attached hydrogens (tertiary/aromatic N) is 2. The van der Waals surface area contributed by atoms with Gasteiger partial charge in [-0.1, -0.05) is 0 Å². The fourth-order valence-electron chi connectivity index (χ4n) is 2.04. The molecule has 1 fully saturated rings. The van der Waals surface area contributed by atoms with E-state index in [9.17, 15) is 9.90 Å². The van der Waals surface area contributed by atoms with Gasteiger partial charge in [0, 0.05) is 38.3 Å². The molecule has 2 heterocycles. The van der Waals surface area contributed by atoms with Crippen LogP contribution in [0.25, 0.3) is 0 Å². The van der Waals surface area contributed by atoms with Crippen molar-refractivity contribution in [2.75, 3.05) is 18.5 Å². The molecule has 7 heteroatoms. The molecule has 1 aliphatic rings. The monoisotopic (exact) mass is 281 g/mol. The molecule has 110 valence electrons. The van der Waals surface area contributed by atoms with E-state index in [1.165, 1.54) is 0 Å². The zero-order chi connectivity index (χ0) is 14.6. The summed E-state index contributed by atoms with van der Waals surface area (Å²) >= 11 is 0. The Bertz CT molecular complexity index is 472. The number of hydrogen-bond acceptors (Lipinski definition) is 6. The maximum absolute atomic E-state index is 11.5. The van der Waals surface area contributed by atoms with Crippen molar-refractivity contribution in [3.8, 4) is 5.88 Å². The van der Waals surface area contributed by atoms with Crippen LogP contribution in [0.2, 0.25) is 0 Å². The molecule has 1 aliphatic heterocycles. The molecule has 0 aliphatic carbocycles. The Balaban J connectivity index is 2.16. The Morgan fingerprint density at radius 1 is 1.50 bits per heavy atom. The summed E-state index contributed by atoms with van der Waals surface area (Å²) in [6.07, 6.45) is 2.29. The van der Waals surface area contributed by atoms with Gasteiger partial charge in [0.15, 0.2) is 0 Å². The van der Waals surface area contributed by atoms with Gasteiger partial charge in [0.1, 0.15) is 5.54 Å². The molecule has 0 bridgehead atoms. The molecule has 0 aromatic carbocycles. The van der Waals surface area contributed by atoms with Crippen LogP contribution in [0, 0.1) is 0 Å². The molecular formula is C13H19N3O4. The van der Waals surface area contributed by atoms with E-state index < -0.39 is 11.5 Å². The highest BCUT2D eigenvalue weighted by molar-refractivity contribution is 5.82. The Labute approximate surface area is 117 Å². The van der Waals surface area contributed by atoms with Crippen LogP contribution in [0.15, 0.2) is 12.3 Å². The van der Waals surface area contributed by atoms with Gasteiger partial charge in [0.2, 0.25) is 11.8 Å². The van der Waals surface area contributed by atoms with Crippen LogP contribution < -0.4 is 10.1 Å². The smallest absolute Gasteiger partial charge is 0.329 e. The minimum absolute atomic E-state index is 0.00531. The zero-order valence-electron chi connectivity index (χ0n) is 11.6. The van der Waals surface area contributed by atoms with Gasteiger partial charge in [-0.3, -0.25) is 0 Å². The van der Waals surface area contributed by atoms with Crippen LogP contribution in [-0.2, 0) is 9.53 Å². The number of aromatic nitrogens is 2. The van der Waals surface area contributed by atoms with E-state index in [0.29, 0.717) is 31.9 Å². The first kappa shape index (κ1) is 14.5. The summed E-state index contributed by atoms with van der Waals surface area (Å²) in [6.45, 7) is 4.60. The van der Waals surface area contributed by atoms with Gasteiger partial charge >= 0.3 is 5.97 Å². The Hall–Kier alpha value is -1.89. The first-order valence-electron chi connectivity index (χ1n) is 6.61. The van der Waals surface area contributed by atoms with Gasteiger partial charge in [-0.25, -0.2) is 9.78 Å². The molecular weight excluding hydrogens is 262 g/mol. The lowest BCUT2D eigenvalue weighted by Crippen LogP contribution is -2.50. The molecule has 0 saturated carbocycles. The summed E-state index contributed by atoms with van der Waals surface area (Å²) in [5.41, 5.74) is -1.07. The number of nitrogens with one attached hydrogen (secondary N) is 1. The summed E-state index contributed by atoms with van der Waals surface area (Å²) in [7, 11) is 0. The summed E-state index contributed by atoms with van der Waals surface area (Å²) in [4.78, 5) is 19.8. The highest BCUT2D eigenvalue weighted by atomic mass is 16.5. The van der Waals surface area contributed by atoms with Crippen molar-refractivity contribution < 1.29 is 19.4 Å². The Kier molecular flexibility index (Phi) is 4.39. The maximum Gasteiger partial charge on any atom is 0.329 e. The SMILES string of the molecule is CC(C)Oc1ccnc(NC2(C(=O)O)CCOCC2)n1. The van der Waals surface area contributed by atoms with E-state index in [1.807, 2.05) is 13.8 Å². The number of carbonyl (C=O) groups is 1. The molecule has 1 aromatic heterocycles. The molecule has 2 rings (SSSR count). The van der Waals surface area contributed by atoms with Gasteiger partial charge in [-0.05, 0) is 13.8 Å². The van der Waals surface area contributed by atoms with E-state index in [2.05, 4.69) is 15.3 Å². The van der Waals surface area contributed by atoms with Crippen molar-refractivity contribution in [2.45, 2.75) is 38.3 Å². The van der Waals surface area contributed by atoms with E-state index in [-0.39, 0.29) is 12.1 Å². The molecule has 0 unspecified atom stereocenters. The average Bonchev–Trinajstić information content (AvgIpc) is 2.39. The van der Waals surface area contributed by atoms with Crippen molar-refractivity contribution >= 4 is 11.9 Å². The predicted molar refractivity (Wildman–Crippen MR) is 71.8 cm³/mol. The van der Waals surface area contributed by atoms with Crippen molar-refractivity contribution in [1.82, 2.24) is 9.97 Å². The number of carboxylic acid groups (broad SMARTS) is 1. The minimum Gasteiger partial charge on any atom is -0.480 e. The predicted octanol–water partition coefficient (Wildman–Crippen LogP) is 1.31. The molecule has 7 nitrogen and oxygen atoms in total. The summed E-state index contributed by atoms with van der Waals surface area (Å²) < 4.78 is 10.7. The van der Waals surface area contributed by atoms with Gasteiger partial charge in [-0.15, -0.1) is 0 Å². The molecule has 0 amide bonds. The number of hydrogen-bond donors (Lipinski definition) is 2. The minimum atomic E-state index is -1.07. The number of rotatable bonds is 5. The van der Waals surface area contributed by atoms with E-state index in [1.54, 1.807) is 12.3 Å². The first-order valence-corrected chi connectivity index (χ1v) is 6.61. The molecule has 1 aromatic rings. The van der Waals surface area contributed by atoms with Crippen LogP contribution in [0.4, 0.5) is 5.95 Å². The second-order valence-corrected chi connectivity index (χ2v) is 5.01. The van der Waals surface area contributed by atoms with Crippen molar-refractivity contribution in [3.63, 3.8) is 0 Å². The van der Waals surface area contributed by atoms with Crippen LogP contribution in [0.3, 0.4) is 0 Å². The number of anilines is 1. The van der Waals surface area contributed by atoms with Gasteiger partial charge in [-0.2, -0.15) is 4.98 Å². The van der Waals surface area contributed by atoms with E-state index in [0.717, 1.165) is 0 Å². The lowest BCUT2D eigenvalue weighted by atomic mass is 9.90. The topological polar surface area (TPSA) is 93.6 Å². The normalized spacial score (nSPS) is 17.8. The van der Waals surface area contributed by atoms with E-state index >= 15 is 0 Å². The van der Waals surface area contributed by atoms with Crippen molar-refractivity contribution in [3.05, 3.63) is 12.3 Å². The third kappa shape index (κ3) is 3.36. The Morgan fingerprint density at radius 2 is 2.20 bits per heavy atom. The summed E-state index contributed by atoms with van der Waals surface area (Å²) in [5.74, 6) is -0.239. The number of aliphatic carboxylic acids is 1. The molecule has 0 atom stereocenters. The summed E-state index contributed by atoms with van der Waals surface area (Å²) in [6, 6.07) is 1.64. The fraction of sp³-hybridized carbons (Fsp3) is 0.615. The lowest BCUT2D eigenvalue weighted by molar-refractivity contribution is -0.145. The maximum atomic E-state index is 11.5. The fourth-order valence-corrected chi connectivity index (χ4v) is 2.04. The lowest BCUT2D eigenvalue weighted by Gasteiger charge is -2.33. The number of ether oxygens (including phenoxy) is 2. The van der Waals surface area contributed by atoms with Crippen LogP contribution >= 0.6 is 0 Å². The molecule has 0 radical (unpaired) electrons. The Morgan fingerprint density at radius 3 is 2.80 bits per heavy atom. The van der Waals surface area contributed by atoms with Gasteiger partial charge in [0.25, 0.3) is 0 Å². The van der Waals surface area contributed by atoms with Crippen LogP contribution in [0.1, 0.15) is 26.7 Å². The third-order valence-electron chi connectivity index (χ3n) is 3.09. The first-order chi connectivity index (χ1) is 9.52. The molecule has 20 heavy (non-hydrogen) atoms. The van der Waals surface area contributed by atoms with Crippen LogP contribution in [0.5, 0.6) is 5.88 Å². The third-order valence-corrected chi connectivity index (χ3v) is 3.09. The van der Waals surface area contributed by atoms with Crippen molar-refractivity contribution in [1.29, 1.82) is 0 Å². The average molecular weight is 281 g/mol. The molecule has 2 N–H and O–H groups in total. The quantitative estimate of drug-likeness (QED) is 0.840. The summed E-state index contributed by atoms with van der Waals surface area (Å²) in [5, 5.41) is 12.4. The van der Waals surface area contributed by atoms with Gasteiger partial charge < -0.3 is 19.9 Å². The molecule has 0 spiro atoms.